The lowest BCUT2D eigenvalue weighted by Gasteiger charge is -2.19. The van der Waals surface area contributed by atoms with Crippen LogP contribution in [0, 0.1) is 25.5 Å². The Morgan fingerprint density at radius 1 is 0.943 bits per heavy atom. The van der Waals surface area contributed by atoms with Crippen molar-refractivity contribution >= 4 is 5.97 Å². The molecule has 0 aromatic heterocycles. The maximum absolute atomic E-state index is 13.9. The fourth-order valence-electron chi connectivity index (χ4n) is 4.06. The maximum atomic E-state index is 13.9. The largest absolute Gasteiger partial charge is 0.494 e. The van der Waals surface area contributed by atoms with E-state index in [0.29, 0.717) is 31.7 Å². The Morgan fingerprint density at radius 3 is 2.29 bits per heavy atom. The van der Waals surface area contributed by atoms with Crippen molar-refractivity contribution in [2.75, 3.05) is 13.2 Å². The number of halogens is 2. The van der Waals surface area contributed by atoms with E-state index in [4.69, 9.17) is 9.84 Å². The molecule has 0 saturated carbocycles. The zero-order chi connectivity index (χ0) is 25.2. The van der Waals surface area contributed by atoms with E-state index in [1.165, 1.54) is 23.3 Å². The minimum absolute atomic E-state index is 0.0230. The van der Waals surface area contributed by atoms with Crippen molar-refractivity contribution < 1.29 is 23.4 Å². The predicted octanol–water partition coefficient (Wildman–Crippen LogP) is 6.33. The van der Waals surface area contributed by atoms with E-state index >= 15 is 0 Å². The number of carbonyl (C=O) groups is 1. The van der Waals surface area contributed by atoms with Crippen LogP contribution >= 0.6 is 0 Å². The molecule has 0 spiro atoms. The van der Waals surface area contributed by atoms with Crippen molar-refractivity contribution in [3.8, 4) is 5.75 Å². The van der Waals surface area contributed by atoms with Crippen LogP contribution in [0.5, 0.6) is 5.75 Å². The highest BCUT2D eigenvalue weighted by molar-refractivity contribution is 5.66. The summed E-state index contributed by atoms with van der Waals surface area (Å²) in [6, 6.07) is 17.8. The SMILES string of the molecule is Cc1ccc(CC(CCCOc2ccc(CNCCC(=O)O)cc2)c2cc(F)cc(F)c2)cc1C. The molecule has 1 atom stereocenters. The molecule has 186 valence electrons. The molecule has 35 heavy (non-hydrogen) atoms. The van der Waals surface area contributed by atoms with Gasteiger partial charge in [-0.3, -0.25) is 4.79 Å². The molecule has 3 rings (SSSR count). The van der Waals surface area contributed by atoms with Gasteiger partial charge in [0.25, 0.3) is 0 Å². The lowest BCUT2D eigenvalue weighted by molar-refractivity contribution is -0.136. The smallest absolute Gasteiger partial charge is 0.304 e. The molecule has 3 aromatic rings. The van der Waals surface area contributed by atoms with Crippen LogP contribution in [0.25, 0.3) is 0 Å². The molecule has 2 N–H and O–H groups in total. The van der Waals surface area contributed by atoms with Gasteiger partial charge < -0.3 is 15.2 Å². The molecular weight excluding hydrogens is 448 g/mol. The Hall–Kier alpha value is -3.25. The molecule has 0 fully saturated rings. The van der Waals surface area contributed by atoms with Gasteiger partial charge in [-0.2, -0.15) is 0 Å². The van der Waals surface area contributed by atoms with E-state index in [-0.39, 0.29) is 12.3 Å². The first-order chi connectivity index (χ1) is 16.8. The van der Waals surface area contributed by atoms with Crippen LogP contribution in [-0.4, -0.2) is 24.2 Å². The van der Waals surface area contributed by atoms with Crippen LogP contribution in [0.2, 0.25) is 0 Å². The number of carboxylic acids is 1. The Labute approximate surface area is 206 Å². The normalized spacial score (nSPS) is 11.9. The summed E-state index contributed by atoms with van der Waals surface area (Å²) >= 11 is 0. The van der Waals surface area contributed by atoms with Crippen LogP contribution in [0.1, 0.15) is 53.0 Å². The first-order valence-corrected chi connectivity index (χ1v) is 12.0. The van der Waals surface area contributed by atoms with Crippen LogP contribution < -0.4 is 10.1 Å². The Morgan fingerprint density at radius 2 is 1.63 bits per heavy atom. The second-order valence-electron chi connectivity index (χ2n) is 8.98. The average molecular weight is 482 g/mol. The Kier molecular flexibility index (Phi) is 9.79. The van der Waals surface area contributed by atoms with E-state index in [0.717, 1.165) is 35.8 Å². The average Bonchev–Trinajstić information content (AvgIpc) is 2.81. The van der Waals surface area contributed by atoms with Gasteiger partial charge in [-0.25, -0.2) is 8.78 Å². The monoisotopic (exact) mass is 481 g/mol. The lowest BCUT2D eigenvalue weighted by Crippen LogP contribution is -2.17. The number of aryl methyl sites for hydroxylation is 2. The van der Waals surface area contributed by atoms with Crippen molar-refractivity contribution in [3.05, 3.63) is 100 Å². The third kappa shape index (κ3) is 8.80. The minimum atomic E-state index is -0.819. The highest BCUT2D eigenvalue weighted by atomic mass is 19.1. The summed E-state index contributed by atoms with van der Waals surface area (Å²) in [4.78, 5) is 10.6. The van der Waals surface area contributed by atoms with Gasteiger partial charge in [0.1, 0.15) is 17.4 Å². The quantitative estimate of drug-likeness (QED) is 0.280. The van der Waals surface area contributed by atoms with Gasteiger partial charge in [-0.15, -0.1) is 0 Å². The molecule has 0 amide bonds. The topological polar surface area (TPSA) is 58.6 Å². The first kappa shape index (κ1) is 26.4. The van der Waals surface area contributed by atoms with Gasteiger partial charge in [-0.05, 0) is 91.1 Å². The second-order valence-corrected chi connectivity index (χ2v) is 8.98. The fourth-order valence-corrected chi connectivity index (χ4v) is 4.06. The van der Waals surface area contributed by atoms with Gasteiger partial charge in [0.15, 0.2) is 0 Å². The molecule has 0 aliphatic heterocycles. The molecule has 3 aromatic carbocycles. The molecule has 6 heteroatoms. The standard InChI is InChI=1S/C29H33F2NO3/c1-20-5-6-23(14-21(20)2)15-24(25-16-26(30)18-27(31)17-25)4-3-13-35-28-9-7-22(8-10-28)19-32-12-11-29(33)34/h5-10,14,16-18,24,32H,3-4,11-13,15,19H2,1-2H3,(H,33,34). The molecule has 0 radical (unpaired) electrons. The van der Waals surface area contributed by atoms with Crippen LogP contribution in [0.4, 0.5) is 8.78 Å². The molecular formula is C29H33F2NO3. The van der Waals surface area contributed by atoms with Crippen molar-refractivity contribution in [2.45, 2.75) is 52.0 Å². The Bertz CT molecular complexity index is 1100. The number of carboxylic acid groups (broad SMARTS) is 1. The molecule has 4 nitrogen and oxygen atoms in total. The zero-order valence-electron chi connectivity index (χ0n) is 20.3. The Balaban J connectivity index is 1.55. The summed E-state index contributed by atoms with van der Waals surface area (Å²) in [6.07, 6.45) is 2.27. The maximum Gasteiger partial charge on any atom is 0.304 e. The summed E-state index contributed by atoms with van der Waals surface area (Å²) in [5, 5.41) is 11.8. The highest BCUT2D eigenvalue weighted by Gasteiger charge is 2.15. The second kappa shape index (κ2) is 13.0. The number of ether oxygens (including phenoxy) is 1. The van der Waals surface area contributed by atoms with E-state index in [1.54, 1.807) is 0 Å². The number of nitrogens with one attached hydrogen (secondary N) is 1. The number of hydrogen-bond acceptors (Lipinski definition) is 3. The van der Waals surface area contributed by atoms with Crippen LogP contribution in [0.3, 0.4) is 0 Å². The molecule has 0 aliphatic rings. The summed E-state index contributed by atoms with van der Waals surface area (Å²) in [6.45, 7) is 5.65. The third-order valence-corrected chi connectivity index (χ3v) is 6.14. The van der Waals surface area contributed by atoms with E-state index in [9.17, 15) is 13.6 Å². The predicted molar refractivity (Wildman–Crippen MR) is 134 cm³/mol. The number of aliphatic carboxylic acids is 1. The molecule has 1 unspecified atom stereocenters. The number of benzene rings is 3. The zero-order valence-corrected chi connectivity index (χ0v) is 20.3. The van der Waals surface area contributed by atoms with Crippen molar-refractivity contribution in [2.24, 2.45) is 0 Å². The molecule has 0 aliphatic carbocycles. The number of rotatable bonds is 13. The molecule has 0 saturated heterocycles. The summed E-state index contributed by atoms with van der Waals surface area (Å²) in [5.74, 6) is -1.20. The van der Waals surface area contributed by atoms with Crippen LogP contribution in [-0.2, 0) is 17.8 Å². The summed E-state index contributed by atoms with van der Waals surface area (Å²) in [7, 11) is 0. The number of hydrogen-bond donors (Lipinski definition) is 2. The van der Waals surface area contributed by atoms with Crippen molar-refractivity contribution in [1.82, 2.24) is 5.32 Å². The third-order valence-electron chi connectivity index (χ3n) is 6.14. The van der Waals surface area contributed by atoms with E-state index in [1.807, 2.05) is 24.3 Å². The minimum Gasteiger partial charge on any atom is -0.494 e. The van der Waals surface area contributed by atoms with Gasteiger partial charge in [0, 0.05) is 19.2 Å². The summed E-state index contributed by atoms with van der Waals surface area (Å²) < 4.78 is 33.7. The van der Waals surface area contributed by atoms with Crippen molar-refractivity contribution in [1.29, 1.82) is 0 Å². The molecule has 0 bridgehead atoms. The van der Waals surface area contributed by atoms with E-state index in [2.05, 4.69) is 37.4 Å². The van der Waals surface area contributed by atoms with Crippen LogP contribution in [0.15, 0.2) is 60.7 Å². The van der Waals surface area contributed by atoms with E-state index < -0.39 is 17.6 Å². The highest BCUT2D eigenvalue weighted by Crippen LogP contribution is 2.28. The van der Waals surface area contributed by atoms with Gasteiger partial charge in [0.05, 0.1) is 13.0 Å². The first-order valence-electron chi connectivity index (χ1n) is 12.0. The fraction of sp³-hybridized carbons (Fsp3) is 0.345. The van der Waals surface area contributed by atoms with Gasteiger partial charge in [0.2, 0.25) is 0 Å². The lowest BCUT2D eigenvalue weighted by atomic mass is 9.87. The summed E-state index contributed by atoms with van der Waals surface area (Å²) in [5.41, 5.74) is 5.29. The van der Waals surface area contributed by atoms with Crippen molar-refractivity contribution in [3.63, 3.8) is 0 Å². The van der Waals surface area contributed by atoms with Gasteiger partial charge in [-0.1, -0.05) is 30.3 Å². The van der Waals surface area contributed by atoms with Gasteiger partial charge >= 0.3 is 5.97 Å². The molecule has 0 heterocycles.